The molecule has 0 amide bonds. The van der Waals surface area contributed by atoms with E-state index in [9.17, 15) is 13.2 Å². The fourth-order valence-electron chi connectivity index (χ4n) is 2.25. The monoisotopic (exact) mass is 262 g/mol. The predicted octanol–water partition coefficient (Wildman–Crippen LogP) is 0.122. The number of rotatable bonds is 4. The first-order valence-electron chi connectivity index (χ1n) is 5.86. The molecule has 1 aliphatic heterocycles. The van der Waals surface area contributed by atoms with Crippen LogP contribution < -0.4 is 0 Å². The molecule has 1 saturated carbocycles. The van der Waals surface area contributed by atoms with Crippen LogP contribution in [0, 0.1) is 5.92 Å². The Morgan fingerprint density at radius 3 is 2.53 bits per heavy atom. The second kappa shape index (κ2) is 4.55. The van der Waals surface area contributed by atoms with Crippen molar-refractivity contribution >= 4 is 16.2 Å². The zero-order valence-electron chi connectivity index (χ0n) is 9.87. The quantitative estimate of drug-likeness (QED) is 0.780. The highest BCUT2D eigenvalue weighted by molar-refractivity contribution is 7.86. The Balaban J connectivity index is 2.02. The lowest BCUT2D eigenvalue weighted by molar-refractivity contribution is -0.137. The molecule has 17 heavy (non-hydrogen) atoms. The van der Waals surface area contributed by atoms with Crippen molar-refractivity contribution in [2.24, 2.45) is 5.92 Å². The van der Waals surface area contributed by atoms with Gasteiger partial charge in [-0.25, -0.2) is 0 Å². The molecule has 1 atom stereocenters. The number of aliphatic carboxylic acids is 1. The molecule has 2 aliphatic rings. The standard InChI is InChI=1S/C10H18N2O4S/c1-11-6-8(2-5-10(13)14)7-12(9-3-4-9)17(11,15)16/h8-9H,2-7H2,1H3,(H,13,14). The van der Waals surface area contributed by atoms with Crippen LogP contribution in [-0.2, 0) is 15.0 Å². The third-order valence-corrected chi connectivity index (χ3v) is 5.34. The highest BCUT2D eigenvalue weighted by Crippen LogP contribution is 2.34. The molecule has 1 unspecified atom stereocenters. The summed E-state index contributed by atoms with van der Waals surface area (Å²) in [6, 6.07) is 0.148. The van der Waals surface area contributed by atoms with E-state index in [-0.39, 0.29) is 18.4 Å². The Kier molecular flexibility index (Phi) is 3.42. The summed E-state index contributed by atoms with van der Waals surface area (Å²) in [4.78, 5) is 10.5. The van der Waals surface area contributed by atoms with Gasteiger partial charge in [0.2, 0.25) is 0 Å². The second-order valence-electron chi connectivity index (χ2n) is 4.89. The van der Waals surface area contributed by atoms with E-state index in [4.69, 9.17) is 5.11 Å². The summed E-state index contributed by atoms with van der Waals surface area (Å²) < 4.78 is 26.9. The van der Waals surface area contributed by atoms with Crippen molar-refractivity contribution in [3.63, 3.8) is 0 Å². The zero-order chi connectivity index (χ0) is 12.6. The molecule has 6 nitrogen and oxygen atoms in total. The van der Waals surface area contributed by atoms with Gasteiger partial charge in [0, 0.05) is 32.6 Å². The fourth-order valence-corrected chi connectivity index (χ4v) is 4.00. The van der Waals surface area contributed by atoms with Crippen molar-refractivity contribution in [2.45, 2.75) is 31.7 Å². The number of nitrogens with zero attached hydrogens (tertiary/aromatic N) is 2. The van der Waals surface area contributed by atoms with E-state index in [0.717, 1.165) is 12.8 Å². The minimum absolute atomic E-state index is 0.108. The highest BCUT2D eigenvalue weighted by atomic mass is 32.2. The lowest BCUT2D eigenvalue weighted by Gasteiger charge is -2.37. The SMILES string of the molecule is CN1CC(CCC(=O)O)CN(C2CC2)S1(=O)=O. The average molecular weight is 262 g/mol. The average Bonchev–Trinajstić information content (AvgIpc) is 3.03. The van der Waals surface area contributed by atoms with Crippen LogP contribution in [0.25, 0.3) is 0 Å². The zero-order valence-corrected chi connectivity index (χ0v) is 10.7. The van der Waals surface area contributed by atoms with Gasteiger partial charge in [0.1, 0.15) is 0 Å². The first-order valence-corrected chi connectivity index (χ1v) is 7.26. The smallest absolute Gasteiger partial charge is 0.303 e. The molecular weight excluding hydrogens is 244 g/mol. The molecule has 1 N–H and O–H groups in total. The minimum Gasteiger partial charge on any atom is -0.481 e. The maximum Gasteiger partial charge on any atom is 0.303 e. The fraction of sp³-hybridized carbons (Fsp3) is 0.900. The minimum atomic E-state index is -3.29. The van der Waals surface area contributed by atoms with Crippen LogP contribution in [0.1, 0.15) is 25.7 Å². The number of carbonyl (C=O) groups is 1. The van der Waals surface area contributed by atoms with Crippen LogP contribution in [0.5, 0.6) is 0 Å². The van der Waals surface area contributed by atoms with E-state index in [1.165, 1.54) is 4.31 Å². The van der Waals surface area contributed by atoms with Crippen LogP contribution in [0.15, 0.2) is 0 Å². The molecule has 1 aliphatic carbocycles. The van der Waals surface area contributed by atoms with E-state index in [1.54, 1.807) is 11.4 Å². The van der Waals surface area contributed by atoms with Crippen molar-refractivity contribution in [1.29, 1.82) is 0 Å². The van der Waals surface area contributed by atoms with Crippen LogP contribution in [0.4, 0.5) is 0 Å². The summed E-state index contributed by atoms with van der Waals surface area (Å²) in [7, 11) is -1.72. The van der Waals surface area contributed by atoms with Gasteiger partial charge < -0.3 is 5.11 Å². The Morgan fingerprint density at radius 1 is 1.35 bits per heavy atom. The van der Waals surface area contributed by atoms with Crippen molar-refractivity contribution in [3.8, 4) is 0 Å². The molecular formula is C10H18N2O4S. The van der Waals surface area contributed by atoms with Gasteiger partial charge in [0.05, 0.1) is 0 Å². The van der Waals surface area contributed by atoms with Crippen LogP contribution in [-0.4, -0.2) is 54.3 Å². The maximum absolute atomic E-state index is 12.0. The number of carboxylic acid groups (broad SMARTS) is 1. The molecule has 0 aromatic carbocycles. The van der Waals surface area contributed by atoms with Gasteiger partial charge >= 0.3 is 5.97 Å². The van der Waals surface area contributed by atoms with Crippen molar-refractivity contribution in [3.05, 3.63) is 0 Å². The summed E-state index contributed by atoms with van der Waals surface area (Å²) in [5.74, 6) is -0.695. The van der Waals surface area contributed by atoms with Gasteiger partial charge in [-0.3, -0.25) is 4.79 Å². The summed E-state index contributed by atoms with van der Waals surface area (Å²) in [5, 5.41) is 8.65. The van der Waals surface area contributed by atoms with E-state index in [1.807, 2.05) is 0 Å². The predicted molar refractivity (Wildman–Crippen MR) is 61.6 cm³/mol. The van der Waals surface area contributed by atoms with Crippen molar-refractivity contribution < 1.29 is 18.3 Å². The Morgan fingerprint density at radius 2 is 2.00 bits per heavy atom. The van der Waals surface area contributed by atoms with Crippen molar-refractivity contribution in [2.75, 3.05) is 20.1 Å². The molecule has 1 saturated heterocycles. The van der Waals surface area contributed by atoms with E-state index in [0.29, 0.717) is 19.5 Å². The van der Waals surface area contributed by atoms with Crippen LogP contribution in [0.2, 0.25) is 0 Å². The number of hydrogen-bond donors (Lipinski definition) is 1. The van der Waals surface area contributed by atoms with Gasteiger partial charge in [-0.05, 0) is 25.2 Å². The van der Waals surface area contributed by atoms with Crippen LogP contribution in [0.3, 0.4) is 0 Å². The third-order valence-electron chi connectivity index (χ3n) is 3.36. The van der Waals surface area contributed by atoms with E-state index < -0.39 is 16.2 Å². The molecule has 1 heterocycles. The topological polar surface area (TPSA) is 77.9 Å². The number of carboxylic acids is 1. The van der Waals surface area contributed by atoms with Crippen molar-refractivity contribution in [1.82, 2.24) is 8.61 Å². The van der Waals surface area contributed by atoms with Gasteiger partial charge in [0.15, 0.2) is 0 Å². The Labute approximate surface area is 101 Å². The molecule has 7 heteroatoms. The lowest BCUT2D eigenvalue weighted by atomic mass is 10.0. The first kappa shape index (κ1) is 12.8. The second-order valence-corrected chi connectivity index (χ2v) is 6.88. The van der Waals surface area contributed by atoms with E-state index >= 15 is 0 Å². The van der Waals surface area contributed by atoms with Gasteiger partial charge in [-0.1, -0.05) is 0 Å². The van der Waals surface area contributed by atoms with Gasteiger partial charge in [-0.2, -0.15) is 17.0 Å². The highest BCUT2D eigenvalue weighted by Gasteiger charge is 2.43. The summed E-state index contributed by atoms with van der Waals surface area (Å²) in [5.41, 5.74) is 0. The molecule has 0 spiro atoms. The molecule has 98 valence electrons. The normalized spacial score (nSPS) is 30.3. The molecule has 0 aromatic heterocycles. The molecule has 2 rings (SSSR count). The largest absolute Gasteiger partial charge is 0.481 e. The summed E-state index contributed by atoms with van der Waals surface area (Å²) >= 11 is 0. The maximum atomic E-state index is 12.0. The van der Waals surface area contributed by atoms with Gasteiger partial charge in [-0.15, -0.1) is 0 Å². The lowest BCUT2D eigenvalue weighted by Crippen LogP contribution is -2.52. The summed E-state index contributed by atoms with van der Waals surface area (Å²) in [6.45, 7) is 0.906. The molecule has 0 bridgehead atoms. The number of hydrogen-bond acceptors (Lipinski definition) is 3. The van der Waals surface area contributed by atoms with Gasteiger partial charge in [0.25, 0.3) is 10.2 Å². The first-order chi connectivity index (χ1) is 7.91. The van der Waals surface area contributed by atoms with Crippen LogP contribution >= 0.6 is 0 Å². The molecule has 2 fully saturated rings. The molecule has 0 radical (unpaired) electrons. The van der Waals surface area contributed by atoms with E-state index in [2.05, 4.69) is 0 Å². The Hall–Kier alpha value is -0.660. The summed E-state index contributed by atoms with van der Waals surface area (Å²) in [6.07, 6.45) is 2.51. The third kappa shape index (κ3) is 2.78. The Bertz CT molecular complexity index is 405. The molecule has 0 aromatic rings.